The van der Waals surface area contributed by atoms with Crippen molar-refractivity contribution >= 4 is 18.4 Å². The molecule has 0 amide bonds. The Morgan fingerprint density at radius 1 is 1.54 bits per heavy atom. The molecule has 4 heteroatoms. The SMILES string of the molecule is CCOC(=O)CCCC1CNC1.Cl. The molecule has 1 heterocycles. The second kappa shape index (κ2) is 7.15. The molecular formula is C9H18ClNO2. The molecule has 1 fully saturated rings. The molecule has 1 aliphatic heterocycles. The fraction of sp³-hybridized carbons (Fsp3) is 0.889. The highest BCUT2D eigenvalue weighted by molar-refractivity contribution is 5.85. The third-order valence-electron chi connectivity index (χ3n) is 2.16. The Hall–Kier alpha value is -0.280. The third-order valence-corrected chi connectivity index (χ3v) is 2.16. The number of nitrogens with one attached hydrogen (secondary N) is 1. The molecule has 0 aliphatic carbocycles. The minimum absolute atomic E-state index is 0. The summed E-state index contributed by atoms with van der Waals surface area (Å²) in [4.78, 5) is 10.9. The first-order valence-electron chi connectivity index (χ1n) is 4.69. The molecule has 0 aromatic rings. The standard InChI is InChI=1S/C9H17NO2.ClH/c1-2-12-9(11)5-3-4-8-6-10-7-8;/h8,10H,2-7H2,1H3;1H. The van der Waals surface area contributed by atoms with E-state index in [0.717, 1.165) is 31.8 Å². The molecule has 0 bridgehead atoms. The topological polar surface area (TPSA) is 38.3 Å². The summed E-state index contributed by atoms with van der Waals surface area (Å²) in [7, 11) is 0. The lowest BCUT2D eigenvalue weighted by Gasteiger charge is -2.26. The van der Waals surface area contributed by atoms with Gasteiger partial charge >= 0.3 is 5.97 Å². The van der Waals surface area contributed by atoms with Crippen LogP contribution < -0.4 is 5.32 Å². The lowest BCUT2D eigenvalue weighted by molar-refractivity contribution is -0.143. The normalized spacial score (nSPS) is 15.8. The van der Waals surface area contributed by atoms with Gasteiger partial charge in [-0.25, -0.2) is 0 Å². The Balaban J connectivity index is 0.00000144. The molecule has 0 spiro atoms. The number of ether oxygens (including phenoxy) is 1. The molecule has 0 unspecified atom stereocenters. The Kier molecular flexibility index (Phi) is 7.00. The number of carbonyl (C=O) groups excluding carboxylic acids is 1. The van der Waals surface area contributed by atoms with E-state index < -0.39 is 0 Å². The van der Waals surface area contributed by atoms with E-state index in [1.165, 1.54) is 0 Å². The van der Waals surface area contributed by atoms with Gasteiger partial charge in [-0.05, 0) is 38.8 Å². The number of halogens is 1. The van der Waals surface area contributed by atoms with Crippen LogP contribution in [0.5, 0.6) is 0 Å². The van der Waals surface area contributed by atoms with E-state index in [9.17, 15) is 4.79 Å². The summed E-state index contributed by atoms with van der Waals surface area (Å²) in [6, 6.07) is 0. The highest BCUT2D eigenvalue weighted by Crippen LogP contribution is 2.12. The summed E-state index contributed by atoms with van der Waals surface area (Å²) in [5.41, 5.74) is 0. The Labute approximate surface area is 85.6 Å². The number of rotatable bonds is 5. The van der Waals surface area contributed by atoms with Gasteiger partial charge in [0.25, 0.3) is 0 Å². The van der Waals surface area contributed by atoms with Crippen LogP contribution in [0.2, 0.25) is 0 Å². The van der Waals surface area contributed by atoms with Crippen molar-refractivity contribution in [2.24, 2.45) is 5.92 Å². The number of hydrogen-bond donors (Lipinski definition) is 1. The fourth-order valence-electron chi connectivity index (χ4n) is 1.32. The lowest BCUT2D eigenvalue weighted by Crippen LogP contribution is -2.41. The van der Waals surface area contributed by atoms with E-state index in [-0.39, 0.29) is 18.4 Å². The van der Waals surface area contributed by atoms with Gasteiger partial charge in [0.05, 0.1) is 6.61 Å². The average molecular weight is 208 g/mol. The van der Waals surface area contributed by atoms with Gasteiger partial charge in [0, 0.05) is 6.42 Å². The van der Waals surface area contributed by atoms with Crippen LogP contribution in [0, 0.1) is 5.92 Å². The van der Waals surface area contributed by atoms with Crippen LogP contribution in [0.1, 0.15) is 26.2 Å². The van der Waals surface area contributed by atoms with E-state index in [0.29, 0.717) is 13.0 Å². The van der Waals surface area contributed by atoms with Gasteiger partial charge in [-0.3, -0.25) is 4.79 Å². The van der Waals surface area contributed by atoms with E-state index in [1.807, 2.05) is 6.92 Å². The Morgan fingerprint density at radius 3 is 2.69 bits per heavy atom. The molecule has 78 valence electrons. The molecule has 0 saturated carbocycles. The molecular weight excluding hydrogens is 190 g/mol. The van der Waals surface area contributed by atoms with Gasteiger partial charge in [-0.15, -0.1) is 12.4 Å². The minimum atomic E-state index is -0.0511. The number of hydrogen-bond acceptors (Lipinski definition) is 3. The molecule has 1 N–H and O–H groups in total. The van der Waals surface area contributed by atoms with Crippen molar-refractivity contribution in [1.29, 1.82) is 0 Å². The monoisotopic (exact) mass is 207 g/mol. The van der Waals surface area contributed by atoms with Crippen molar-refractivity contribution in [3.05, 3.63) is 0 Å². The maximum Gasteiger partial charge on any atom is 0.305 e. The predicted octanol–water partition coefficient (Wildman–Crippen LogP) is 1.36. The molecule has 13 heavy (non-hydrogen) atoms. The van der Waals surface area contributed by atoms with Gasteiger partial charge < -0.3 is 10.1 Å². The second-order valence-corrected chi connectivity index (χ2v) is 3.22. The van der Waals surface area contributed by atoms with Gasteiger partial charge in [0.15, 0.2) is 0 Å². The Bertz CT molecular complexity index is 149. The Morgan fingerprint density at radius 2 is 2.23 bits per heavy atom. The van der Waals surface area contributed by atoms with E-state index in [4.69, 9.17) is 4.74 Å². The summed E-state index contributed by atoms with van der Waals surface area (Å²) < 4.78 is 4.82. The van der Waals surface area contributed by atoms with Crippen molar-refractivity contribution in [3.63, 3.8) is 0 Å². The maximum absolute atomic E-state index is 10.9. The second-order valence-electron chi connectivity index (χ2n) is 3.22. The average Bonchev–Trinajstić information content (AvgIpc) is 1.95. The highest BCUT2D eigenvalue weighted by Gasteiger charge is 2.16. The zero-order chi connectivity index (χ0) is 8.81. The zero-order valence-electron chi connectivity index (χ0n) is 8.04. The molecule has 0 radical (unpaired) electrons. The van der Waals surface area contributed by atoms with Crippen molar-refractivity contribution in [1.82, 2.24) is 5.32 Å². The quantitative estimate of drug-likeness (QED) is 0.692. The molecule has 0 atom stereocenters. The molecule has 1 aliphatic rings. The number of esters is 1. The number of carbonyl (C=O) groups is 1. The van der Waals surface area contributed by atoms with Crippen molar-refractivity contribution in [2.45, 2.75) is 26.2 Å². The third kappa shape index (κ3) is 5.11. The van der Waals surface area contributed by atoms with E-state index >= 15 is 0 Å². The zero-order valence-corrected chi connectivity index (χ0v) is 8.86. The van der Waals surface area contributed by atoms with Crippen molar-refractivity contribution in [2.75, 3.05) is 19.7 Å². The van der Waals surface area contributed by atoms with E-state index in [2.05, 4.69) is 5.32 Å². The molecule has 1 rings (SSSR count). The first kappa shape index (κ1) is 12.7. The molecule has 0 aromatic carbocycles. The van der Waals surface area contributed by atoms with Crippen molar-refractivity contribution < 1.29 is 9.53 Å². The van der Waals surface area contributed by atoms with Gasteiger partial charge in [-0.1, -0.05) is 0 Å². The van der Waals surface area contributed by atoms with Crippen LogP contribution in [0.15, 0.2) is 0 Å². The highest BCUT2D eigenvalue weighted by atomic mass is 35.5. The molecule has 1 saturated heterocycles. The summed E-state index contributed by atoms with van der Waals surface area (Å²) >= 11 is 0. The van der Waals surface area contributed by atoms with Gasteiger partial charge in [0.1, 0.15) is 0 Å². The maximum atomic E-state index is 10.9. The van der Waals surface area contributed by atoms with Gasteiger partial charge in [0.2, 0.25) is 0 Å². The van der Waals surface area contributed by atoms with Crippen LogP contribution in [0.25, 0.3) is 0 Å². The van der Waals surface area contributed by atoms with Crippen LogP contribution in [-0.4, -0.2) is 25.7 Å². The van der Waals surface area contributed by atoms with Gasteiger partial charge in [-0.2, -0.15) is 0 Å². The first-order chi connectivity index (χ1) is 5.83. The largest absolute Gasteiger partial charge is 0.466 e. The lowest BCUT2D eigenvalue weighted by atomic mass is 9.97. The van der Waals surface area contributed by atoms with Crippen LogP contribution in [0.3, 0.4) is 0 Å². The van der Waals surface area contributed by atoms with Crippen molar-refractivity contribution in [3.8, 4) is 0 Å². The molecule has 3 nitrogen and oxygen atoms in total. The first-order valence-corrected chi connectivity index (χ1v) is 4.69. The summed E-state index contributed by atoms with van der Waals surface area (Å²) in [6.45, 7) is 4.60. The van der Waals surface area contributed by atoms with Crippen LogP contribution >= 0.6 is 12.4 Å². The predicted molar refractivity (Wildman–Crippen MR) is 54.1 cm³/mol. The summed E-state index contributed by atoms with van der Waals surface area (Å²) in [6.07, 6.45) is 2.72. The molecule has 0 aromatic heterocycles. The summed E-state index contributed by atoms with van der Waals surface area (Å²) in [5.74, 6) is 0.754. The van der Waals surface area contributed by atoms with Crippen LogP contribution in [-0.2, 0) is 9.53 Å². The summed E-state index contributed by atoms with van der Waals surface area (Å²) in [5, 5.41) is 3.21. The van der Waals surface area contributed by atoms with Crippen LogP contribution in [0.4, 0.5) is 0 Å². The van der Waals surface area contributed by atoms with E-state index in [1.54, 1.807) is 0 Å². The fourth-order valence-corrected chi connectivity index (χ4v) is 1.32. The minimum Gasteiger partial charge on any atom is -0.466 e. The smallest absolute Gasteiger partial charge is 0.305 e.